The standard InChI is InChI=1S/C12H10FNO3S/c1-2-17-12(16)10-6-18-11(14-10)8-4-3-7(15)5-9(8)13/h3-6,15H,2H2,1H3. The Balaban J connectivity index is 2.32. The Bertz CT molecular complexity index is 582. The predicted molar refractivity (Wildman–Crippen MR) is 65.1 cm³/mol. The summed E-state index contributed by atoms with van der Waals surface area (Å²) in [6, 6.07) is 3.78. The molecule has 0 aliphatic rings. The summed E-state index contributed by atoms with van der Waals surface area (Å²) in [5, 5.41) is 11.0. The molecule has 18 heavy (non-hydrogen) atoms. The highest BCUT2D eigenvalue weighted by Gasteiger charge is 2.15. The van der Waals surface area contributed by atoms with Crippen molar-refractivity contribution in [3.05, 3.63) is 35.1 Å². The van der Waals surface area contributed by atoms with Gasteiger partial charge in [-0.1, -0.05) is 0 Å². The number of hydrogen-bond acceptors (Lipinski definition) is 5. The van der Waals surface area contributed by atoms with E-state index >= 15 is 0 Å². The van der Waals surface area contributed by atoms with Gasteiger partial charge in [-0.2, -0.15) is 0 Å². The lowest BCUT2D eigenvalue weighted by molar-refractivity contribution is 0.0520. The summed E-state index contributed by atoms with van der Waals surface area (Å²) in [5.74, 6) is -1.27. The van der Waals surface area contributed by atoms with E-state index in [-0.39, 0.29) is 23.6 Å². The van der Waals surface area contributed by atoms with Crippen LogP contribution in [-0.2, 0) is 4.74 Å². The molecule has 0 unspecified atom stereocenters. The van der Waals surface area contributed by atoms with Crippen molar-refractivity contribution < 1.29 is 19.0 Å². The molecule has 1 aromatic heterocycles. The molecule has 2 aromatic rings. The Morgan fingerprint density at radius 3 is 3.00 bits per heavy atom. The molecule has 0 aliphatic heterocycles. The molecule has 0 bridgehead atoms. The minimum Gasteiger partial charge on any atom is -0.508 e. The Morgan fingerprint density at radius 1 is 1.56 bits per heavy atom. The highest BCUT2D eigenvalue weighted by molar-refractivity contribution is 7.13. The highest BCUT2D eigenvalue weighted by Crippen LogP contribution is 2.28. The van der Waals surface area contributed by atoms with Gasteiger partial charge in [0.15, 0.2) is 5.69 Å². The predicted octanol–water partition coefficient (Wildman–Crippen LogP) is 2.83. The van der Waals surface area contributed by atoms with E-state index < -0.39 is 11.8 Å². The fourth-order valence-electron chi connectivity index (χ4n) is 1.37. The lowest BCUT2D eigenvalue weighted by Crippen LogP contribution is -2.04. The third kappa shape index (κ3) is 2.48. The van der Waals surface area contributed by atoms with Gasteiger partial charge in [0.25, 0.3) is 0 Å². The molecule has 94 valence electrons. The second-order valence-electron chi connectivity index (χ2n) is 3.42. The Hall–Kier alpha value is -1.95. The van der Waals surface area contributed by atoms with Crippen LogP contribution in [0.5, 0.6) is 5.75 Å². The smallest absolute Gasteiger partial charge is 0.357 e. The van der Waals surface area contributed by atoms with Gasteiger partial charge in [0.05, 0.1) is 6.61 Å². The maximum atomic E-state index is 13.6. The summed E-state index contributed by atoms with van der Waals surface area (Å²) in [5.41, 5.74) is 0.401. The first kappa shape index (κ1) is 12.5. The van der Waals surface area contributed by atoms with Crippen molar-refractivity contribution in [3.8, 4) is 16.3 Å². The number of phenols is 1. The van der Waals surface area contributed by atoms with Crippen LogP contribution in [0.2, 0.25) is 0 Å². The number of ether oxygens (including phenoxy) is 1. The molecule has 0 amide bonds. The normalized spacial score (nSPS) is 10.3. The van der Waals surface area contributed by atoms with Gasteiger partial charge >= 0.3 is 5.97 Å². The third-order valence-electron chi connectivity index (χ3n) is 2.17. The van der Waals surface area contributed by atoms with Gasteiger partial charge in [-0.25, -0.2) is 14.2 Å². The van der Waals surface area contributed by atoms with Crippen LogP contribution in [0, 0.1) is 5.82 Å². The van der Waals surface area contributed by atoms with Crippen LogP contribution in [0.4, 0.5) is 4.39 Å². The van der Waals surface area contributed by atoms with Crippen LogP contribution < -0.4 is 0 Å². The largest absolute Gasteiger partial charge is 0.508 e. The average molecular weight is 267 g/mol. The van der Waals surface area contributed by atoms with Gasteiger partial charge in [-0.05, 0) is 19.1 Å². The van der Waals surface area contributed by atoms with E-state index in [1.165, 1.54) is 17.5 Å². The Morgan fingerprint density at radius 2 is 2.33 bits per heavy atom. The quantitative estimate of drug-likeness (QED) is 0.869. The lowest BCUT2D eigenvalue weighted by Gasteiger charge is -1.99. The molecule has 0 spiro atoms. The van der Waals surface area contributed by atoms with E-state index in [0.29, 0.717) is 5.01 Å². The average Bonchev–Trinajstić information content (AvgIpc) is 2.78. The molecule has 4 nitrogen and oxygen atoms in total. The molecule has 0 atom stereocenters. The van der Waals surface area contributed by atoms with Gasteiger partial charge < -0.3 is 9.84 Å². The number of rotatable bonds is 3. The summed E-state index contributed by atoms with van der Waals surface area (Å²) in [6.45, 7) is 1.96. The van der Waals surface area contributed by atoms with E-state index in [1.807, 2.05) is 0 Å². The van der Waals surface area contributed by atoms with Gasteiger partial charge in [0.2, 0.25) is 0 Å². The zero-order valence-electron chi connectivity index (χ0n) is 9.51. The monoisotopic (exact) mass is 267 g/mol. The van der Waals surface area contributed by atoms with Crippen LogP contribution in [0.15, 0.2) is 23.6 Å². The number of carbonyl (C=O) groups excluding carboxylic acids is 1. The molecule has 1 heterocycles. The SMILES string of the molecule is CCOC(=O)c1csc(-c2ccc(O)cc2F)n1. The highest BCUT2D eigenvalue weighted by atomic mass is 32.1. The zero-order chi connectivity index (χ0) is 13.1. The van der Waals surface area contributed by atoms with Crippen molar-refractivity contribution in [1.82, 2.24) is 4.98 Å². The van der Waals surface area contributed by atoms with Crippen LogP contribution >= 0.6 is 11.3 Å². The van der Waals surface area contributed by atoms with E-state index in [9.17, 15) is 9.18 Å². The van der Waals surface area contributed by atoms with Crippen molar-refractivity contribution in [2.75, 3.05) is 6.61 Å². The topological polar surface area (TPSA) is 59.4 Å². The molecule has 1 N–H and O–H groups in total. The maximum absolute atomic E-state index is 13.6. The molecule has 0 aliphatic carbocycles. The number of esters is 1. The summed E-state index contributed by atoms with van der Waals surface area (Å²) in [7, 11) is 0. The van der Waals surface area contributed by atoms with Crippen LogP contribution in [0.1, 0.15) is 17.4 Å². The van der Waals surface area contributed by atoms with E-state index in [4.69, 9.17) is 9.84 Å². The summed E-state index contributed by atoms with van der Waals surface area (Å²) in [6.07, 6.45) is 0. The van der Waals surface area contributed by atoms with Gasteiger partial charge in [0, 0.05) is 17.0 Å². The van der Waals surface area contributed by atoms with Gasteiger partial charge in [-0.3, -0.25) is 0 Å². The van der Waals surface area contributed by atoms with Crippen LogP contribution in [0.3, 0.4) is 0 Å². The molecule has 1 aromatic carbocycles. The Labute approximate surface area is 107 Å². The van der Waals surface area contributed by atoms with E-state index in [2.05, 4.69) is 4.98 Å². The molecule has 0 saturated heterocycles. The number of carbonyl (C=O) groups is 1. The third-order valence-corrected chi connectivity index (χ3v) is 3.05. The maximum Gasteiger partial charge on any atom is 0.357 e. The number of thiazole rings is 1. The van der Waals surface area contributed by atoms with Crippen LogP contribution in [0.25, 0.3) is 10.6 Å². The number of nitrogens with zero attached hydrogens (tertiary/aromatic N) is 1. The minimum atomic E-state index is -0.584. The first-order valence-corrected chi connectivity index (χ1v) is 6.11. The molecule has 0 saturated carbocycles. The molecule has 2 rings (SSSR count). The molecular formula is C12H10FNO3S. The summed E-state index contributed by atoms with van der Waals surface area (Å²) >= 11 is 1.14. The molecule has 0 radical (unpaired) electrons. The van der Waals surface area contributed by atoms with Gasteiger partial charge in [-0.15, -0.1) is 11.3 Å². The first-order chi connectivity index (χ1) is 8.61. The number of phenolic OH excluding ortho intramolecular Hbond substituents is 1. The number of hydrogen-bond donors (Lipinski definition) is 1. The zero-order valence-corrected chi connectivity index (χ0v) is 10.3. The molecule has 0 fully saturated rings. The fourth-order valence-corrected chi connectivity index (χ4v) is 2.19. The van der Waals surface area contributed by atoms with Crippen molar-refractivity contribution in [2.45, 2.75) is 6.92 Å². The number of halogens is 1. The van der Waals surface area contributed by atoms with Crippen molar-refractivity contribution >= 4 is 17.3 Å². The van der Waals surface area contributed by atoms with Crippen molar-refractivity contribution in [2.24, 2.45) is 0 Å². The second kappa shape index (κ2) is 5.14. The summed E-state index contributed by atoms with van der Waals surface area (Å²) in [4.78, 5) is 15.4. The molecular weight excluding hydrogens is 257 g/mol. The first-order valence-electron chi connectivity index (χ1n) is 5.23. The van der Waals surface area contributed by atoms with E-state index in [0.717, 1.165) is 17.4 Å². The van der Waals surface area contributed by atoms with E-state index in [1.54, 1.807) is 6.92 Å². The second-order valence-corrected chi connectivity index (χ2v) is 4.28. The lowest BCUT2D eigenvalue weighted by atomic mass is 10.2. The van der Waals surface area contributed by atoms with Crippen LogP contribution in [-0.4, -0.2) is 22.7 Å². The number of aromatic nitrogens is 1. The van der Waals surface area contributed by atoms with Crippen molar-refractivity contribution in [1.29, 1.82) is 0 Å². The molecule has 6 heteroatoms. The van der Waals surface area contributed by atoms with Gasteiger partial charge in [0.1, 0.15) is 16.6 Å². The Kier molecular flexibility index (Phi) is 3.57. The number of benzene rings is 1. The fraction of sp³-hybridized carbons (Fsp3) is 0.167. The minimum absolute atomic E-state index is 0.154. The van der Waals surface area contributed by atoms with Crippen molar-refractivity contribution in [3.63, 3.8) is 0 Å². The summed E-state index contributed by atoms with van der Waals surface area (Å²) < 4.78 is 18.4. The number of aromatic hydroxyl groups is 1.